The summed E-state index contributed by atoms with van der Waals surface area (Å²) in [5, 5.41) is 2.89. The topological polar surface area (TPSA) is 0 Å². The van der Waals surface area contributed by atoms with Crippen molar-refractivity contribution in [3.05, 3.63) is 52.1 Å². The fourth-order valence-electron chi connectivity index (χ4n) is 3.60. The van der Waals surface area contributed by atoms with Crippen LogP contribution in [0, 0.1) is 5.92 Å². The summed E-state index contributed by atoms with van der Waals surface area (Å²) < 4.78 is 0. The Bertz CT molecular complexity index is 812. The minimum Gasteiger partial charge on any atom is -0.0626 e. The number of rotatable bonds is 1. The first-order valence-electron chi connectivity index (χ1n) is 9.29. The molecule has 0 nitrogen and oxygen atoms in total. The van der Waals surface area contributed by atoms with Crippen LogP contribution in [0.1, 0.15) is 77.6 Å². The van der Waals surface area contributed by atoms with Crippen LogP contribution in [0.2, 0.25) is 0 Å². The van der Waals surface area contributed by atoms with Crippen molar-refractivity contribution in [3.63, 3.8) is 0 Å². The van der Waals surface area contributed by atoms with Crippen LogP contribution in [0.15, 0.2) is 29.8 Å². The van der Waals surface area contributed by atoms with E-state index in [9.17, 15) is 0 Å². The molecule has 2 aromatic carbocycles. The second kappa shape index (κ2) is 5.48. The molecule has 0 bridgehead atoms. The third-order valence-corrected chi connectivity index (χ3v) is 5.37. The van der Waals surface area contributed by atoms with E-state index in [1.54, 1.807) is 5.57 Å². The van der Waals surface area contributed by atoms with Gasteiger partial charge in [-0.25, -0.2) is 0 Å². The van der Waals surface area contributed by atoms with Gasteiger partial charge in [-0.05, 0) is 56.2 Å². The van der Waals surface area contributed by atoms with Crippen LogP contribution in [0.5, 0.6) is 0 Å². The molecule has 0 saturated heterocycles. The summed E-state index contributed by atoms with van der Waals surface area (Å²) >= 11 is 0. The minimum absolute atomic E-state index is 0.172. The largest absolute Gasteiger partial charge is 0.0626 e. The lowest BCUT2D eigenvalue weighted by Gasteiger charge is -2.28. The highest BCUT2D eigenvalue weighted by Crippen LogP contribution is 2.39. The van der Waals surface area contributed by atoms with Crippen LogP contribution in [-0.4, -0.2) is 0 Å². The predicted octanol–water partition coefficient (Wildman–Crippen LogP) is 7.03. The van der Waals surface area contributed by atoms with Gasteiger partial charge >= 0.3 is 0 Å². The first-order valence-corrected chi connectivity index (χ1v) is 9.29. The molecule has 0 fully saturated rings. The summed E-state index contributed by atoms with van der Waals surface area (Å²) in [4.78, 5) is 0. The zero-order valence-electron chi connectivity index (χ0n) is 16.7. The van der Waals surface area contributed by atoms with E-state index in [0.29, 0.717) is 5.92 Å². The molecule has 0 aliphatic heterocycles. The fourth-order valence-corrected chi connectivity index (χ4v) is 3.60. The molecule has 0 N–H and O–H groups in total. The average molecular weight is 321 g/mol. The molecular weight excluding hydrogens is 288 g/mol. The van der Waals surface area contributed by atoms with Crippen LogP contribution >= 0.6 is 0 Å². The Labute approximate surface area is 148 Å². The van der Waals surface area contributed by atoms with Crippen molar-refractivity contribution < 1.29 is 0 Å². The molecule has 0 radical (unpaired) electrons. The molecule has 0 amide bonds. The summed E-state index contributed by atoms with van der Waals surface area (Å²) in [7, 11) is 0. The Morgan fingerprint density at radius 2 is 1.33 bits per heavy atom. The Kier molecular flexibility index (Phi) is 3.94. The minimum atomic E-state index is 0.172. The highest BCUT2D eigenvalue weighted by molar-refractivity contribution is 5.97. The molecule has 3 rings (SSSR count). The second-order valence-electron chi connectivity index (χ2n) is 9.85. The molecule has 0 heterocycles. The van der Waals surface area contributed by atoms with Crippen molar-refractivity contribution in [1.82, 2.24) is 0 Å². The average Bonchev–Trinajstić information content (AvgIpc) is 2.44. The maximum absolute atomic E-state index is 2.46. The Morgan fingerprint density at radius 1 is 0.792 bits per heavy atom. The van der Waals surface area contributed by atoms with Gasteiger partial charge in [-0.3, -0.25) is 0 Å². The predicted molar refractivity (Wildman–Crippen MR) is 108 cm³/mol. The van der Waals surface area contributed by atoms with Gasteiger partial charge in [-0.2, -0.15) is 0 Å². The Morgan fingerprint density at radius 3 is 1.83 bits per heavy atom. The van der Waals surface area contributed by atoms with Gasteiger partial charge in [0.05, 0.1) is 0 Å². The second-order valence-corrected chi connectivity index (χ2v) is 9.85. The molecule has 2 aromatic rings. The number of benzene rings is 2. The fraction of sp³-hybridized carbons (Fsp3) is 0.500. The normalized spacial score (nSPS) is 15.1. The van der Waals surface area contributed by atoms with Crippen molar-refractivity contribution in [2.45, 2.75) is 72.6 Å². The lowest BCUT2D eigenvalue weighted by Crippen LogP contribution is -2.15. The van der Waals surface area contributed by atoms with E-state index in [-0.39, 0.29) is 10.8 Å². The monoisotopic (exact) mass is 320 g/mol. The van der Waals surface area contributed by atoms with Crippen molar-refractivity contribution >= 4 is 16.8 Å². The molecule has 0 aromatic heterocycles. The smallest absolute Gasteiger partial charge is 0.00547 e. The Balaban J connectivity index is 2.36. The summed E-state index contributed by atoms with van der Waals surface area (Å²) in [6.45, 7) is 18.5. The first-order chi connectivity index (χ1) is 11.0. The van der Waals surface area contributed by atoms with Crippen LogP contribution in [0.25, 0.3) is 16.8 Å². The van der Waals surface area contributed by atoms with Crippen LogP contribution in [-0.2, 0) is 17.3 Å². The van der Waals surface area contributed by atoms with E-state index in [0.717, 1.165) is 6.42 Å². The van der Waals surface area contributed by atoms with Gasteiger partial charge in [-0.1, -0.05) is 91.3 Å². The number of hydrogen-bond acceptors (Lipinski definition) is 0. The van der Waals surface area contributed by atoms with Crippen molar-refractivity contribution in [2.75, 3.05) is 0 Å². The van der Waals surface area contributed by atoms with Crippen molar-refractivity contribution in [3.8, 4) is 0 Å². The summed E-state index contributed by atoms with van der Waals surface area (Å²) in [5.41, 5.74) is 7.73. The molecule has 0 heteroatoms. The standard InChI is InChI=1S/C24H32/c1-15(2)16-9-17-11-20(23(3,4)5)13-19-14-21(24(6,7)8)12-18(10-16)22(17)19/h9,11-15H,10H2,1-8H3. The molecule has 1 aliphatic carbocycles. The summed E-state index contributed by atoms with van der Waals surface area (Å²) in [6, 6.07) is 9.72. The third kappa shape index (κ3) is 3.04. The first kappa shape index (κ1) is 17.3. The zero-order chi connectivity index (χ0) is 17.9. The number of allylic oxidation sites excluding steroid dienone is 1. The van der Waals surface area contributed by atoms with Crippen molar-refractivity contribution in [1.29, 1.82) is 0 Å². The summed E-state index contributed by atoms with van der Waals surface area (Å²) in [5.74, 6) is 0.602. The van der Waals surface area contributed by atoms with Gasteiger partial charge in [0.1, 0.15) is 0 Å². The molecular formula is C24H32. The molecule has 0 unspecified atom stereocenters. The maximum atomic E-state index is 2.46. The third-order valence-electron chi connectivity index (χ3n) is 5.37. The van der Waals surface area contributed by atoms with Gasteiger partial charge in [0.25, 0.3) is 0 Å². The van der Waals surface area contributed by atoms with E-state index >= 15 is 0 Å². The van der Waals surface area contributed by atoms with Gasteiger partial charge in [0.2, 0.25) is 0 Å². The van der Waals surface area contributed by atoms with Gasteiger partial charge in [0, 0.05) is 0 Å². The van der Waals surface area contributed by atoms with E-state index in [2.05, 4.69) is 85.7 Å². The van der Waals surface area contributed by atoms with Crippen LogP contribution in [0.4, 0.5) is 0 Å². The van der Waals surface area contributed by atoms with Crippen LogP contribution < -0.4 is 0 Å². The SMILES string of the molecule is CC(C)C1=Cc2cc(C(C)(C)C)cc3cc(C(C)(C)C)cc(c23)C1. The van der Waals surface area contributed by atoms with Crippen LogP contribution in [0.3, 0.4) is 0 Å². The lowest BCUT2D eigenvalue weighted by molar-refractivity contribution is 0.588. The van der Waals surface area contributed by atoms with Gasteiger partial charge < -0.3 is 0 Å². The molecule has 0 atom stereocenters. The highest BCUT2D eigenvalue weighted by Gasteiger charge is 2.23. The lowest BCUT2D eigenvalue weighted by atomic mass is 9.77. The van der Waals surface area contributed by atoms with Gasteiger partial charge in [0.15, 0.2) is 0 Å². The van der Waals surface area contributed by atoms with E-state index in [1.807, 2.05) is 0 Å². The number of hydrogen-bond donors (Lipinski definition) is 0. The quantitative estimate of drug-likeness (QED) is 0.529. The van der Waals surface area contributed by atoms with Gasteiger partial charge in [-0.15, -0.1) is 0 Å². The van der Waals surface area contributed by atoms with E-state index < -0.39 is 0 Å². The molecule has 0 spiro atoms. The molecule has 1 aliphatic rings. The van der Waals surface area contributed by atoms with E-state index in [4.69, 9.17) is 0 Å². The van der Waals surface area contributed by atoms with E-state index in [1.165, 1.54) is 33.0 Å². The highest BCUT2D eigenvalue weighted by atomic mass is 14.3. The Hall–Kier alpha value is -1.56. The summed E-state index contributed by atoms with van der Waals surface area (Å²) in [6.07, 6.45) is 3.55. The maximum Gasteiger partial charge on any atom is -0.00547 e. The zero-order valence-corrected chi connectivity index (χ0v) is 16.7. The molecule has 0 saturated carbocycles. The molecule has 128 valence electrons. The molecule has 24 heavy (non-hydrogen) atoms. The van der Waals surface area contributed by atoms with Crippen molar-refractivity contribution in [2.24, 2.45) is 5.92 Å².